The second-order valence-corrected chi connectivity index (χ2v) is 11.0. The fraction of sp³-hybridized carbons (Fsp3) is 0.167. The number of aromatic hydroxyl groups is 1. The van der Waals surface area contributed by atoms with Crippen molar-refractivity contribution in [2.24, 2.45) is 5.92 Å². The average Bonchev–Trinajstić information content (AvgIpc) is 2.91. The molecular weight excluding hydrogens is 521 g/mol. The van der Waals surface area contributed by atoms with E-state index in [1.165, 1.54) is 42.5 Å². The van der Waals surface area contributed by atoms with Crippen LogP contribution in [-0.4, -0.2) is 29.1 Å². The summed E-state index contributed by atoms with van der Waals surface area (Å²) < 4.78 is 45.6. The largest absolute Gasteiger partial charge is 0.507 e. The topological polar surface area (TPSA) is 124 Å². The van der Waals surface area contributed by atoms with Crippen molar-refractivity contribution < 1.29 is 32.4 Å². The first-order valence-corrected chi connectivity index (χ1v) is 13.8. The van der Waals surface area contributed by atoms with Crippen molar-refractivity contribution in [3.8, 4) is 16.9 Å². The minimum atomic E-state index is -4.35. The van der Waals surface area contributed by atoms with E-state index >= 15 is 0 Å². The van der Waals surface area contributed by atoms with Gasteiger partial charge < -0.3 is 15.5 Å². The molecule has 1 amide bonds. The molecule has 4 N–H and O–H groups in total. The molecule has 1 aliphatic heterocycles. The number of amides is 1. The van der Waals surface area contributed by atoms with Gasteiger partial charge in [-0.1, -0.05) is 66.7 Å². The number of phenolic OH excluding ortho intramolecular Hbond substituents is 1. The molecule has 1 heterocycles. The van der Waals surface area contributed by atoms with Gasteiger partial charge in [0.05, 0.1) is 16.9 Å². The van der Waals surface area contributed by atoms with E-state index in [4.69, 9.17) is 0 Å². The molecule has 1 aliphatic rings. The quantitative estimate of drug-likeness (QED) is 0.183. The maximum absolute atomic E-state index is 13.7. The van der Waals surface area contributed by atoms with Gasteiger partial charge in [-0.25, -0.2) is 4.39 Å². The van der Waals surface area contributed by atoms with Crippen LogP contribution in [0.3, 0.4) is 0 Å². The van der Waals surface area contributed by atoms with Crippen LogP contribution in [0, 0.1) is 11.7 Å². The lowest BCUT2D eigenvalue weighted by Crippen LogP contribution is -2.67. The van der Waals surface area contributed by atoms with E-state index in [0.29, 0.717) is 28.7 Å². The first kappa shape index (κ1) is 26.6. The van der Waals surface area contributed by atoms with Gasteiger partial charge in [-0.15, -0.1) is 0 Å². The molecule has 39 heavy (non-hydrogen) atoms. The molecule has 0 unspecified atom stereocenters. The van der Waals surface area contributed by atoms with Crippen LogP contribution in [0.25, 0.3) is 11.1 Å². The number of aliphatic hydroxyl groups excluding tert-OH is 1. The average molecular weight is 548 g/mol. The standard InChI is InChI=1S/C30H26FNO6S/c31-23-8-4-5-20(17-23)27(33)16-15-26-29(35)32-30(26,21-6-2-1-3-7-21)22-11-14-25(28(34)18-22)19-9-12-24(13-10-19)39(36,37)38/h1-14,17-18,26-27,33-34H,15-16H2,(H,32,35)(H,36,37,38)/t26-,27-,30-/m0/s1. The number of aliphatic hydroxyl groups is 1. The molecule has 3 atom stereocenters. The minimum Gasteiger partial charge on any atom is -0.507 e. The van der Waals surface area contributed by atoms with Gasteiger partial charge in [0.1, 0.15) is 17.1 Å². The first-order chi connectivity index (χ1) is 18.6. The number of carbonyl (C=O) groups is 1. The van der Waals surface area contributed by atoms with Gasteiger partial charge in [0.15, 0.2) is 0 Å². The Bertz CT molecular complexity index is 1630. The van der Waals surface area contributed by atoms with Crippen molar-refractivity contribution in [3.05, 3.63) is 120 Å². The summed E-state index contributed by atoms with van der Waals surface area (Å²) >= 11 is 0. The first-order valence-electron chi connectivity index (χ1n) is 12.3. The molecule has 0 saturated carbocycles. The molecule has 0 aliphatic carbocycles. The number of rotatable bonds is 8. The molecule has 9 heteroatoms. The van der Waals surface area contributed by atoms with Crippen LogP contribution in [0.1, 0.15) is 35.6 Å². The number of halogens is 1. The number of benzene rings is 4. The molecule has 5 rings (SSSR count). The Kier molecular flexibility index (Phi) is 6.98. The maximum atomic E-state index is 13.7. The zero-order valence-electron chi connectivity index (χ0n) is 20.7. The number of nitrogens with one attached hydrogen (secondary N) is 1. The lowest BCUT2D eigenvalue weighted by Gasteiger charge is -2.50. The molecule has 1 fully saturated rings. The van der Waals surface area contributed by atoms with Crippen LogP contribution in [0.2, 0.25) is 0 Å². The number of hydrogen-bond acceptors (Lipinski definition) is 5. The van der Waals surface area contributed by atoms with E-state index in [1.807, 2.05) is 30.3 Å². The highest BCUT2D eigenvalue weighted by Crippen LogP contribution is 2.48. The third kappa shape index (κ3) is 5.04. The monoisotopic (exact) mass is 547 g/mol. The van der Waals surface area contributed by atoms with Gasteiger partial charge in [0.25, 0.3) is 10.1 Å². The summed E-state index contributed by atoms with van der Waals surface area (Å²) in [6.45, 7) is 0. The zero-order chi connectivity index (χ0) is 27.8. The van der Waals surface area contributed by atoms with E-state index in [9.17, 15) is 32.4 Å². The van der Waals surface area contributed by atoms with Crippen molar-refractivity contribution in [2.45, 2.75) is 29.4 Å². The Labute approximate surface area is 225 Å². The van der Waals surface area contributed by atoms with Crippen LogP contribution in [0.15, 0.2) is 102 Å². The SMILES string of the molecule is O=C1N[C@@](c2ccccc2)(c2ccc(-c3ccc(S(=O)(=O)O)cc3)c(O)c2)[C@H]1CC[C@H](O)c1cccc(F)c1. The summed E-state index contributed by atoms with van der Waals surface area (Å²) in [7, 11) is -4.35. The minimum absolute atomic E-state index is 0.0814. The fourth-order valence-electron chi connectivity index (χ4n) is 5.28. The van der Waals surface area contributed by atoms with Gasteiger partial charge in [-0.2, -0.15) is 8.42 Å². The molecule has 0 aromatic heterocycles. The van der Waals surface area contributed by atoms with Crippen molar-refractivity contribution in [2.75, 3.05) is 0 Å². The molecule has 4 aromatic carbocycles. The Morgan fingerprint density at radius 2 is 1.62 bits per heavy atom. The van der Waals surface area contributed by atoms with Gasteiger partial charge in [-0.3, -0.25) is 9.35 Å². The number of carbonyl (C=O) groups excluding carboxylic acids is 1. The van der Waals surface area contributed by atoms with Crippen molar-refractivity contribution >= 4 is 16.0 Å². The third-order valence-corrected chi connectivity index (χ3v) is 8.14. The van der Waals surface area contributed by atoms with E-state index in [1.54, 1.807) is 24.3 Å². The lowest BCUT2D eigenvalue weighted by atomic mass is 9.64. The molecular formula is C30H26FNO6S. The van der Waals surface area contributed by atoms with Crippen molar-refractivity contribution in [1.82, 2.24) is 5.32 Å². The molecule has 0 radical (unpaired) electrons. The highest BCUT2D eigenvalue weighted by atomic mass is 32.2. The predicted octanol–water partition coefficient (Wildman–Crippen LogP) is 4.95. The second kappa shape index (κ2) is 10.3. The number of hydrogen-bond donors (Lipinski definition) is 4. The van der Waals surface area contributed by atoms with Crippen LogP contribution in [0.5, 0.6) is 5.75 Å². The van der Waals surface area contributed by atoms with E-state index in [0.717, 1.165) is 5.56 Å². The van der Waals surface area contributed by atoms with Crippen LogP contribution in [0.4, 0.5) is 4.39 Å². The molecule has 0 spiro atoms. The smallest absolute Gasteiger partial charge is 0.294 e. The molecule has 7 nitrogen and oxygen atoms in total. The number of β-lactam (4-membered cyclic amide) rings is 1. The normalized spacial score (nSPS) is 19.7. The molecule has 1 saturated heterocycles. The highest BCUT2D eigenvalue weighted by Gasteiger charge is 2.55. The lowest BCUT2D eigenvalue weighted by molar-refractivity contribution is -0.140. The maximum Gasteiger partial charge on any atom is 0.294 e. The fourth-order valence-corrected chi connectivity index (χ4v) is 5.76. The second-order valence-electron chi connectivity index (χ2n) is 9.60. The summed E-state index contributed by atoms with van der Waals surface area (Å²) in [6.07, 6.45) is -0.428. The molecule has 0 bridgehead atoms. The Morgan fingerprint density at radius 3 is 2.23 bits per heavy atom. The van der Waals surface area contributed by atoms with E-state index in [-0.39, 0.29) is 23.0 Å². The summed E-state index contributed by atoms with van der Waals surface area (Å²) in [5.41, 5.74) is 1.88. The summed E-state index contributed by atoms with van der Waals surface area (Å²) in [5.74, 6) is -1.30. The van der Waals surface area contributed by atoms with Gasteiger partial charge in [-0.05, 0) is 65.4 Å². The van der Waals surface area contributed by atoms with Gasteiger partial charge >= 0.3 is 0 Å². The predicted molar refractivity (Wildman–Crippen MR) is 143 cm³/mol. The third-order valence-electron chi connectivity index (χ3n) is 7.27. The van der Waals surface area contributed by atoms with E-state index < -0.39 is 33.5 Å². The van der Waals surface area contributed by atoms with Crippen molar-refractivity contribution in [1.29, 1.82) is 0 Å². The van der Waals surface area contributed by atoms with Crippen LogP contribution >= 0.6 is 0 Å². The van der Waals surface area contributed by atoms with Crippen LogP contribution in [-0.2, 0) is 20.5 Å². The van der Waals surface area contributed by atoms with Gasteiger partial charge in [0, 0.05) is 5.56 Å². The summed E-state index contributed by atoms with van der Waals surface area (Å²) in [4.78, 5) is 12.6. The summed E-state index contributed by atoms with van der Waals surface area (Å²) in [5, 5.41) is 24.7. The van der Waals surface area contributed by atoms with Gasteiger partial charge in [0.2, 0.25) is 5.91 Å². The highest BCUT2D eigenvalue weighted by molar-refractivity contribution is 7.85. The van der Waals surface area contributed by atoms with Crippen LogP contribution < -0.4 is 5.32 Å². The Hall–Kier alpha value is -4.05. The summed E-state index contributed by atoms with van der Waals surface area (Å²) in [6, 6.07) is 25.5. The number of phenols is 1. The molecule has 4 aromatic rings. The Balaban J connectivity index is 1.48. The van der Waals surface area contributed by atoms with Crippen molar-refractivity contribution in [3.63, 3.8) is 0 Å². The molecule has 200 valence electrons. The van der Waals surface area contributed by atoms with E-state index in [2.05, 4.69) is 5.32 Å². The zero-order valence-corrected chi connectivity index (χ0v) is 21.5. The Morgan fingerprint density at radius 1 is 0.897 bits per heavy atom.